The van der Waals surface area contributed by atoms with Crippen LogP contribution in [0.1, 0.15) is 123 Å². The number of nitrogens with one attached hydrogen (secondary N) is 8. The van der Waals surface area contributed by atoms with E-state index < -0.39 is 144 Å². The van der Waals surface area contributed by atoms with Gasteiger partial charge in [-0.1, -0.05) is 0 Å². The Hall–Kier alpha value is -9.60. The van der Waals surface area contributed by atoms with Crippen LogP contribution < -0.4 is 111 Å². The van der Waals surface area contributed by atoms with Gasteiger partial charge in [-0.15, -0.1) is 0 Å². The molecule has 0 aromatic rings. The summed E-state index contributed by atoms with van der Waals surface area (Å²) in [4.78, 5) is 171. The molecule has 0 bridgehead atoms. The van der Waals surface area contributed by atoms with Gasteiger partial charge in [0, 0.05) is 45.7 Å². The second-order valence-corrected chi connectivity index (χ2v) is 21.9. The molecule has 9 amide bonds. The molecule has 40 heteroatoms. The molecule has 1 saturated heterocycles. The topological polar surface area (TPSA) is 722 Å². The van der Waals surface area contributed by atoms with E-state index in [1.807, 2.05) is 0 Å². The molecule has 0 unspecified atom stereocenters. The van der Waals surface area contributed by atoms with Gasteiger partial charge < -0.3 is 132 Å². The minimum Gasteiger partial charge on any atom is -0.481 e. The number of aliphatic imine (C=N–C) groups is 5. The number of aliphatic hydroxyl groups excluding tert-OH is 1. The number of carboxylic acid groups (broad SMARTS) is 2. The van der Waals surface area contributed by atoms with E-state index in [1.54, 1.807) is 0 Å². The van der Waals surface area contributed by atoms with Crippen molar-refractivity contribution in [1.29, 1.82) is 0 Å². The number of likely N-dealkylation sites (tertiary alicyclic amines) is 1. The summed E-state index contributed by atoms with van der Waals surface area (Å²) in [6.45, 7) is 2.72. The molecule has 1 heterocycles. The first-order valence-corrected chi connectivity index (χ1v) is 30.4. The lowest BCUT2D eigenvalue weighted by atomic mass is 10.0. The molecule has 0 saturated carbocycles. The van der Waals surface area contributed by atoms with Gasteiger partial charge in [-0.25, -0.2) is 4.79 Å². The molecule has 0 spiro atoms. The van der Waals surface area contributed by atoms with E-state index in [1.165, 1.54) is 18.7 Å². The standard InChI is InChI=1S/C53H100N26O14/c1-27(39(83)78-35(48(92)93)16-9-25-70-53(64)65)71-40(84)29(11-3-4-20-54)72-41(85)30(12-5-21-66-49(56)57)73-42(86)31(13-6-22-67-50(58)59)74-43(87)32(14-7-23-68-51(60)61)75-45(89)34(18-19-37(81)82)76-44(88)33(15-8-24-69-52(62)63)77-46(90)36-17-10-26-79(36)47(91)38(55)28(2)80/h27-36,38,80H,3-26,54-55H2,1-2H3,(H,71,84)(H,72,85)(H,73,86)(H,74,87)(H,75,89)(H,76,88)(H,77,90)(H,78,83)(H,81,82)(H,92,93)(H4,56,57,66)(H4,58,59,67)(H4,60,61,68)(H4,62,63,69)(H4,64,65,70)/t27-,28+,29-,30-,31-,32-,33-,34-,35-,36-,38-/m0/s1. The van der Waals surface area contributed by atoms with Crippen molar-refractivity contribution in [2.75, 3.05) is 45.8 Å². The Morgan fingerprint density at radius 1 is 0.441 bits per heavy atom. The zero-order chi connectivity index (χ0) is 70.3. The van der Waals surface area contributed by atoms with Crippen molar-refractivity contribution in [3.05, 3.63) is 0 Å². The second-order valence-electron chi connectivity index (χ2n) is 21.9. The Bertz CT molecular complexity index is 2620. The number of carbonyl (C=O) groups excluding carboxylic acids is 9. The van der Waals surface area contributed by atoms with E-state index in [0.29, 0.717) is 12.8 Å². The fourth-order valence-corrected chi connectivity index (χ4v) is 9.16. The van der Waals surface area contributed by atoms with Gasteiger partial charge >= 0.3 is 11.9 Å². The maximum atomic E-state index is 14.6. The molecule has 0 aliphatic carbocycles. The highest BCUT2D eigenvalue weighted by atomic mass is 16.4. The third-order valence-electron chi connectivity index (χ3n) is 14.1. The normalized spacial score (nSPS) is 15.7. The summed E-state index contributed by atoms with van der Waals surface area (Å²) in [6.07, 6.45) is -2.01. The van der Waals surface area contributed by atoms with E-state index in [2.05, 4.69) is 67.5 Å². The molecular formula is C53H100N26O14. The molecule has 93 heavy (non-hydrogen) atoms. The number of hydrogen-bond donors (Lipinski definition) is 23. The van der Waals surface area contributed by atoms with Crippen LogP contribution in [-0.4, -0.2) is 227 Å². The Morgan fingerprint density at radius 3 is 1.08 bits per heavy atom. The zero-order valence-electron chi connectivity index (χ0n) is 52.8. The number of carboxylic acids is 2. The lowest BCUT2D eigenvalue weighted by Gasteiger charge is -2.30. The Balaban J connectivity index is 3.79. The molecule has 1 rings (SSSR count). The molecule has 35 N–H and O–H groups in total. The molecule has 526 valence electrons. The highest BCUT2D eigenvalue weighted by Gasteiger charge is 2.40. The number of rotatable bonds is 46. The van der Waals surface area contributed by atoms with E-state index in [9.17, 15) is 68.1 Å². The smallest absolute Gasteiger partial charge is 0.326 e. The van der Waals surface area contributed by atoms with E-state index in [-0.39, 0.29) is 159 Å². The van der Waals surface area contributed by atoms with Crippen LogP contribution >= 0.6 is 0 Å². The lowest BCUT2D eigenvalue weighted by molar-refractivity contribution is -0.142. The summed E-state index contributed by atoms with van der Waals surface area (Å²) in [6, 6.07) is -14.5. The molecule has 1 fully saturated rings. The third-order valence-corrected chi connectivity index (χ3v) is 14.1. The van der Waals surface area contributed by atoms with E-state index in [0.717, 1.165) is 0 Å². The summed E-state index contributed by atoms with van der Waals surface area (Å²) in [7, 11) is 0. The first-order chi connectivity index (χ1) is 43.8. The van der Waals surface area contributed by atoms with E-state index in [4.69, 9.17) is 68.8 Å². The van der Waals surface area contributed by atoms with Crippen molar-refractivity contribution < 1.29 is 68.1 Å². The first-order valence-electron chi connectivity index (χ1n) is 30.4. The molecule has 0 aromatic heterocycles. The van der Waals surface area contributed by atoms with Gasteiger partial charge in [-0.3, -0.25) is 72.9 Å². The van der Waals surface area contributed by atoms with Crippen LogP contribution in [-0.2, 0) is 52.7 Å². The summed E-state index contributed by atoms with van der Waals surface area (Å²) in [5.74, 6) is -12.5. The maximum Gasteiger partial charge on any atom is 0.326 e. The van der Waals surface area contributed by atoms with Crippen LogP contribution in [0.5, 0.6) is 0 Å². The quantitative estimate of drug-likeness (QED) is 0.0153. The van der Waals surface area contributed by atoms with Crippen molar-refractivity contribution in [3.8, 4) is 0 Å². The van der Waals surface area contributed by atoms with Crippen LogP contribution in [0.2, 0.25) is 0 Å². The molecule has 11 atom stereocenters. The number of aliphatic carboxylic acids is 2. The van der Waals surface area contributed by atoms with Crippen LogP contribution in [0.15, 0.2) is 25.0 Å². The van der Waals surface area contributed by atoms with Gasteiger partial charge in [-0.2, -0.15) is 0 Å². The van der Waals surface area contributed by atoms with Crippen molar-refractivity contribution >= 4 is 94.9 Å². The fraction of sp³-hybridized carbons (Fsp3) is 0.698. The summed E-state index contributed by atoms with van der Waals surface area (Å²) in [5.41, 5.74) is 66.6. The molecule has 1 aliphatic heterocycles. The van der Waals surface area contributed by atoms with Gasteiger partial charge in [0.25, 0.3) is 0 Å². The van der Waals surface area contributed by atoms with Crippen LogP contribution in [0.4, 0.5) is 0 Å². The average Bonchev–Trinajstić information content (AvgIpc) is 1.80. The second kappa shape index (κ2) is 44.0. The predicted molar refractivity (Wildman–Crippen MR) is 342 cm³/mol. The Labute approximate surface area is 538 Å². The van der Waals surface area contributed by atoms with Crippen LogP contribution in [0.25, 0.3) is 0 Å². The van der Waals surface area contributed by atoms with Crippen molar-refractivity contribution in [1.82, 2.24) is 47.4 Å². The average molecular weight is 1330 g/mol. The highest BCUT2D eigenvalue weighted by molar-refractivity contribution is 5.99. The monoisotopic (exact) mass is 1320 g/mol. The van der Waals surface area contributed by atoms with Gasteiger partial charge in [0.15, 0.2) is 29.8 Å². The van der Waals surface area contributed by atoms with Crippen molar-refractivity contribution in [2.24, 2.45) is 93.8 Å². The Kier molecular flexibility index (Phi) is 38.5. The van der Waals surface area contributed by atoms with Gasteiger partial charge in [0.2, 0.25) is 53.2 Å². The molecule has 40 nitrogen and oxygen atoms in total. The van der Waals surface area contributed by atoms with Crippen LogP contribution in [0, 0.1) is 0 Å². The number of guanidine groups is 5. The number of nitrogens with two attached hydrogens (primary N) is 12. The molecule has 1 aliphatic rings. The van der Waals surface area contributed by atoms with Crippen LogP contribution in [0.3, 0.4) is 0 Å². The van der Waals surface area contributed by atoms with Crippen molar-refractivity contribution in [3.63, 3.8) is 0 Å². The fourth-order valence-electron chi connectivity index (χ4n) is 9.16. The molecular weight excluding hydrogens is 1220 g/mol. The minimum absolute atomic E-state index is 0.0108. The molecule has 0 aromatic carbocycles. The first kappa shape index (κ1) is 81.4. The van der Waals surface area contributed by atoms with Gasteiger partial charge in [-0.05, 0) is 123 Å². The number of carbonyl (C=O) groups is 11. The van der Waals surface area contributed by atoms with Gasteiger partial charge in [0.1, 0.15) is 60.4 Å². The number of nitrogens with zero attached hydrogens (tertiary/aromatic N) is 6. The predicted octanol–water partition coefficient (Wildman–Crippen LogP) is -10.1. The number of aliphatic hydroxyl groups is 1. The van der Waals surface area contributed by atoms with E-state index >= 15 is 0 Å². The Morgan fingerprint density at radius 2 is 0.753 bits per heavy atom. The summed E-state index contributed by atoms with van der Waals surface area (Å²) < 4.78 is 0. The van der Waals surface area contributed by atoms with Gasteiger partial charge in [0.05, 0.1) is 6.10 Å². The van der Waals surface area contributed by atoms with Crippen molar-refractivity contribution in [2.45, 2.75) is 190 Å². The highest BCUT2D eigenvalue weighted by Crippen LogP contribution is 2.20. The maximum absolute atomic E-state index is 14.6. The number of hydrogen-bond acceptors (Lipinski definition) is 19. The lowest BCUT2D eigenvalue weighted by Crippen LogP contribution is -2.60. The third kappa shape index (κ3) is 33.9. The minimum atomic E-state index is -1.73. The SMILES string of the molecule is C[C@H](NC(=O)[C@H](CCCCN)NC(=O)[C@H](CCCN=C(N)N)NC(=O)[C@H](CCCN=C(N)N)NC(=O)[C@H](CCCN=C(N)N)NC(=O)[C@H](CCC(=O)O)NC(=O)[C@H](CCCN=C(N)N)NC(=O)[C@@H]1CCCN1C(=O)[C@@H](N)[C@@H](C)O)C(=O)N[C@@H](CCCN=C(N)N)C(=O)O. The largest absolute Gasteiger partial charge is 0.481 e. The number of unbranched alkanes of at least 4 members (excludes halogenated alkanes) is 1. The zero-order valence-corrected chi connectivity index (χ0v) is 52.8. The number of amides is 9. The summed E-state index contributed by atoms with van der Waals surface area (Å²) in [5, 5.41) is 49.8. The summed E-state index contributed by atoms with van der Waals surface area (Å²) >= 11 is 0. The molecule has 0 radical (unpaired) electrons.